The Labute approximate surface area is 148 Å². The Kier molecular flexibility index (Phi) is 7.19. The molecule has 0 aliphatic carbocycles. The zero-order chi connectivity index (χ0) is 20.0. The Hall–Kier alpha value is -2.56. The first-order valence-electron chi connectivity index (χ1n) is 7.07. The second kappa shape index (κ2) is 8.70. The van der Waals surface area contributed by atoms with Gasteiger partial charge in [0, 0.05) is 5.56 Å². The summed E-state index contributed by atoms with van der Waals surface area (Å²) in [6.45, 7) is 3.29. The molecule has 0 saturated carbocycles. The molecule has 11 heteroatoms. The fourth-order valence-corrected chi connectivity index (χ4v) is 2.20. The molecule has 1 aromatic carbocycles. The van der Waals surface area contributed by atoms with Crippen molar-refractivity contribution in [2.75, 3.05) is 7.11 Å². The van der Waals surface area contributed by atoms with Crippen molar-refractivity contribution in [2.24, 2.45) is 5.16 Å². The van der Waals surface area contributed by atoms with Crippen LogP contribution in [0.3, 0.4) is 0 Å². The Bertz CT molecular complexity index is 813. The molecule has 1 rings (SSSR count). The van der Waals surface area contributed by atoms with Gasteiger partial charge in [0.15, 0.2) is 0 Å². The average molecular weight is 394 g/mol. The highest BCUT2D eigenvalue weighted by atomic mass is 32.2. The monoisotopic (exact) mass is 394 g/mol. The van der Waals surface area contributed by atoms with Gasteiger partial charge in [-0.25, -0.2) is 4.72 Å². The molecule has 1 aromatic rings. The van der Waals surface area contributed by atoms with Gasteiger partial charge in [-0.05, 0) is 19.4 Å². The number of methoxy groups -OCH3 is 1. The van der Waals surface area contributed by atoms with Gasteiger partial charge >= 0.3 is 15.5 Å². The Balaban J connectivity index is 3.21. The lowest BCUT2D eigenvalue weighted by Crippen LogP contribution is -2.40. The van der Waals surface area contributed by atoms with Gasteiger partial charge in [-0.2, -0.15) is 21.6 Å². The van der Waals surface area contributed by atoms with Crippen LogP contribution in [0.25, 0.3) is 5.57 Å². The number of rotatable bonds is 7. The molecule has 0 unspecified atom stereocenters. The van der Waals surface area contributed by atoms with Crippen LogP contribution in [0, 0.1) is 0 Å². The van der Waals surface area contributed by atoms with E-state index < -0.39 is 27.0 Å². The lowest BCUT2D eigenvalue weighted by atomic mass is 10.0. The van der Waals surface area contributed by atoms with Crippen LogP contribution in [0.15, 0.2) is 35.7 Å². The molecule has 0 fully saturated rings. The number of carbonyl (C=O) groups is 1. The standard InChI is InChI=1S/C15H17F3N2O5S/c1-10(2)19-25-8-11-6-4-5-7-12(11)13(9-24-3)14(21)20-26(22,23)15(16,17)18/h4-7,9H,8H2,1-3H3,(H,20,21)/b13-9+. The first-order valence-corrected chi connectivity index (χ1v) is 8.55. The summed E-state index contributed by atoms with van der Waals surface area (Å²) in [5.74, 6) is -1.49. The molecule has 1 N–H and O–H groups in total. The van der Waals surface area contributed by atoms with Crippen LogP contribution in [0.5, 0.6) is 0 Å². The molecule has 0 radical (unpaired) electrons. The molecule has 0 spiro atoms. The maximum Gasteiger partial charge on any atom is 0.516 e. The summed E-state index contributed by atoms with van der Waals surface area (Å²) in [6.07, 6.45) is 0.842. The van der Waals surface area contributed by atoms with Crippen LogP contribution in [0.4, 0.5) is 13.2 Å². The van der Waals surface area contributed by atoms with Gasteiger partial charge in [0.05, 0.1) is 24.7 Å². The van der Waals surface area contributed by atoms with Gasteiger partial charge < -0.3 is 9.57 Å². The maximum absolute atomic E-state index is 12.5. The molecule has 0 saturated heterocycles. The molecule has 0 heterocycles. The lowest BCUT2D eigenvalue weighted by molar-refractivity contribution is -0.114. The molecular weight excluding hydrogens is 377 g/mol. The van der Waals surface area contributed by atoms with Crippen LogP contribution >= 0.6 is 0 Å². The summed E-state index contributed by atoms with van der Waals surface area (Å²) in [5, 5.41) is 3.72. The van der Waals surface area contributed by atoms with E-state index in [0.717, 1.165) is 18.1 Å². The van der Waals surface area contributed by atoms with E-state index in [1.807, 2.05) is 0 Å². The van der Waals surface area contributed by atoms with E-state index in [1.54, 1.807) is 26.0 Å². The summed E-state index contributed by atoms with van der Waals surface area (Å²) in [4.78, 5) is 17.2. The number of hydrogen-bond acceptors (Lipinski definition) is 6. The number of hydrogen-bond donors (Lipinski definition) is 1. The lowest BCUT2D eigenvalue weighted by Gasteiger charge is -2.14. The normalized spacial score (nSPS) is 12.3. The smallest absolute Gasteiger partial charge is 0.504 e. The van der Waals surface area contributed by atoms with Crippen molar-refractivity contribution in [3.05, 3.63) is 41.7 Å². The van der Waals surface area contributed by atoms with Crippen molar-refractivity contribution < 1.29 is 36.0 Å². The number of amides is 1. The van der Waals surface area contributed by atoms with Crippen molar-refractivity contribution in [1.82, 2.24) is 4.72 Å². The molecular formula is C15H17F3N2O5S. The SMILES string of the molecule is CO/C=C(/C(=O)NS(=O)(=O)C(F)(F)F)c1ccccc1CON=C(C)C. The molecule has 26 heavy (non-hydrogen) atoms. The number of ether oxygens (including phenoxy) is 1. The molecule has 0 aliphatic heterocycles. The van der Waals surface area contributed by atoms with E-state index in [2.05, 4.69) is 5.16 Å². The van der Waals surface area contributed by atoms with E-state index in [9.17, 15) is 26.4 Å². The third kappa shape index (κ3) is 5.76. The van der Waals surface area contributed by atoms with Crippen LogP contribution in [0.2, 0.25) is 0 Å². The van der Waals surface area contributed by atoms with Crippen LogP contribution in [-0.4, -0.2) is 32.7 Å². The summed E-state index contributed by atoms with van der Waals surface area (Å²) in [6, 6.07) is 6.08. The van der Waals surface area contributed by atoms with Crippen LogP contribution in [-0.2, 0) is 31.0 Å². The number of sulfonamides is 1. The Morgan fingerprint density at radius 3 is 2.42 bits per heavy atom. The molecule has 0 aliphatic rings. The fourth-order valence-electron chi connectivity index (χ4n) is 1.73. The number of nitrogens with zero attached hydrogens (tertiary/aromatic N) is 1. The number of alkyl halides is 3. The predicted octanol–water partition coefficient (Wildman–Crippen LogP) is 2.55. The highest BCUT2D eigenvalue weighted by Crippen LogP contribution is 2.25. The summed E-state index contributed by atoms with van der Waals surface area (Å²) in [5.41, 5.74) is -4.90. The Morgan fingerprint density at radius 1 is 1.27 bits per heavy atom. The quantitative estimate of drug-likeness (QED) is 0.332. The van der Waals surface area contributed by atoms with Crippen molar-refractivity contribution in [3.63, 3.8) is 0 Å². The van der Waals surface area contributed by atoms with E-state index in [4.69, 9.17) is 9.57 Å². The van der Waals surface area contributed by atoms with Gasteiger partial charge in [0.25, 0.3) is 5.91 Å². The number of benzene rings is 1. The van der Waals surface area contributed by atoms with Gasteiger partial charge in [-0.3, -0.25) is 4.79 Å². The number of nitrogens with one attached hydrogen (secondary N) is 1. The number of oxime groups is 1. The molecule has 0 aromatic heterocycles. The molecule has 0 bridgehead atoms. The van der Waals surface area contributed by atoms with E-state index in [-0.39, 0.29) is 12.2 Å². The minimum atomic E-state index is -5.86. The molecule has 7 nitrogen and oxygen atoms in total. The minimum Gasteiger partial charge on any atom is -0.504 e. The van der Waals surface area contributed by atoms with Crippen molar-refractivity contribution in [2.45, 2.75) is 26.0 Å². The predicted molar refractivity (Wildman–Crippen MR) is 88.1 cm³/mol. The van der Waals surface area contributed by atoms with E-state index in [1.165, 1.54) is 12.1 Å². The van der Waals surface area contributed by atoms with Crippen molar-refractivity contribution in [1.29, 1.82) is 0 Å². The summed E-state index contributed by atoms with van der Waals surface area (Å²) in [7, 11) is -4.70. The zero-order valence-electron chi connectivity index (χ0n) is 14.1. The van der Waals surface area contributed by atoms with Gasteiger partial charge in [0.1, 0.15) is 6.61 Å². The van der Waals surface area contributed by atoms with E-state index >= 15 is 0 Å². The van der Waals surface area contributed by atoms with Gasteiger partial charge in [-0.15, -0.1) is 0 Å². The first kappa shape index (κ1) is 21.5. The Morgan fingerprint density at radius 2 is 1.88 bits per heavy atom. The number of carbonyl (C=O) groups excluding carboxylic acids is 1. The second-order valence-electron chi connectivity index (χ2n) is 5.12. The van der Waals surface area contributed by atoms with Crippen molar-refractivity contribution in [3.8, 4) is 0 Å². The molecule has 144 valence electrons. The minimum absolute atomic E-state index is 0.0955. The molecule has 0 atom stereocenters. The maximum atomic E-state index is 12.5. The average Bonchev–Trinajstić information content (AvgIpc) is 2.51. The van der Waals surface area contributed by atoms with Gasteiger partial charge in [0.2, 0.25) is 0 Å². The van der Waals surface area contributed by atoms with E-state index in [0.29, 0.717) is 11.3 Å². The third-order valence-corrected chi connectivity index (χ3v) is 3.85. The molecule has 1 amide bonds. The fraction of sp³-hybridized carbons (Fsp3) is 0.333. The van der Waals surface area contributed by atoms with Gasteiger partial charge in [-0.1, -0.05) is 29.4 Å². The highest BCUT2D eigenvalue weighted by Gasteiger charge is 2.47. The second-order valence-corrected chi connectivity index (χ2v) is 6.79. The van der Waals surface area contributed by atoms with Crippen molar-refractivity contribution >= 4 is 27.2 Å². The number of halogens is 3. The summed E-state index contributed by atoms with van der Waals surface area (Å²) >= 11 is 0. The highest BCUT2D eigenvalue weighted by molar-refractivity contribution is 7.90. The van der Waals surface area contributed by atoms with Crippen LogP contribution < -0.4 is 4.72 Å². The first-order chi connectivity index (χ1) is 12.0. The third-order valence-electron chi connectivity index (χ3n) is 2.79. The topological polar surface area (TPSA) is 94.1 Å². The zero-order valence-corrected chi connectivity index (χ0v) is 14.9. The van der Waals surface area contributed by atoms with Crippen LogP contribution in [0.1, 0.15) is 25.0 Å². The largest absolute Gasteiger partial charge is 0.516 e. The summed E-state index contributed by atoms with van der Waals surface area (Å²) < 4.78 is 65.5.